The van der Waals surface area contributed by atoms with Crippen molar-refractivity contribution in [3.05, 3.63) is 42.4 Å². The summed E-state index contributed by atoms with van der Waals surface area (Å²) in [5.41, 5.74) is 0.426. The molecule has 0 spiro atoms. The highest BCUT2D eigenvalue weighted by Crippen LogP contribution is 2.13. The third-order valence-electron chi connectivity index (χ3n) is 4.91. The molecule has 1 aliphatic rings. The van der Waals surface area contributed by atoms with Gasteiger partial charge in [0.2, 0.25) is 10.0 Å². The van der Waals surface area contributed by atoms with Gasteiger partial charge >= 0.3 is 0 Å². The number of nitrogens with one attached hydrogen (secondary N) is 2. The molecule has 2 aromatic rings. The van der Waals surface area contributed by atoms with Gasteiger partial charge in [0.1, 0.15) is 17.8 Å². The number of guanidine groups is 1. The Balaban J connectivity index is 0.00000363. The summed E-state index contributed by atoms with van der Waals surface area (Å²) in [5, 5.41) is 10.3. The first-order chi connectivity index (χ1) is 15.1. The third-order valence-corrected chi connectivity index (χ3v) is 6.72. The van der Waals surface area contributed by atoms with Gasteiger partial charge in [-0.25, -0.2) is 13.4 Å². The smallest absolute Gasteiger partial charge is 0.220 e. The first-order valence-corrected chi connectivity index (χ1v) is 12.2. The fourth-order valence-electron chi connectivity index (χ4n) is 3.30. The molecule has 0 bridgehead atoms. The fraction of sp³-hybridized carbons (Fsp3) is 0.550. The number of aliphatic imine (C=N–C) groups is 1. The first-order valence-electron chi connectivity index (χ1n) is 10.6. The van der Waals surface area contributed by atoms with E-state index in [4.69, 9.17) is 9.52 Å². The molecule has 2 aromatic heterocycles. The number of nitrogens with zero attached hydrogens (tertiary/aromatic N) is 5. The van der Waals surface area contributed by atoms with Crippen LogP contribution in [0.3, 0.4) is 0 Å². The Morgan fingerprint density at radius 1 is 1.19 bits per heavy atom. The van der Waals surface area contributed by atoms with Gasteiger partial charge in [-0.05, 0) is 31.9 Å². The van der Waals surface area contributed by atoms with Crippen LogP contribution in [0.4, 0.5) is 5.82 Å². The van der Waals surface area contributed by atoms with Crippen molar-refractivity contribution < 1.29 is 12.9 Å². The van der Waals surface area contributed by atoms with Crippen molar-refractivity contribution in [3.8, 4) is 0 Å². The minimum atomic E-state index is -3.41. The first kappa shape index (κ1) is 26.3. The second-order valence-corrected chi connectivity index (χ2v) is 9.19. The Morgan fingerprint density at radius 3 is 2.66 bits per heavy atom. The largest absolute Gasteiger partial charge is 0.370 e. The van der Waals surface area contributed by atoms with Crippen LogP contribution in [0, 0.1) is 0 Å². The van der Waals surface area contributed by atoms with Gasteiger partial charge in [0.15, 0.2) is 5.96 Å². The molecule has 0 aromatic carbocycles. The molecule has 10 nitrogen and oxygen atoms in total. The number of anilines is 1. The van der Waals surface area contributed by atoms with Crippen LogP contribution >= 0.6 is 24.0 Å². The maximum absolute atomic E-state index is 12.6. The summed E-state index contributed by atoms with van der Waals surface area (Å²) in [7, 11) is -3.41. The Hall–Kier alpha value is -1.93. The molecule has 2 N–H and O–H groups in total. The van der Waals surface area contributed by atoms with Crippen LogP contribution in [-0.4, -0.2) is 79.5 Å². The Morgan fingerprint density at radius 2 is 2.00 bits per heavy atom. The molecule has 1 fully saturated rings. The van der Waals surface area contributed by atoms with Gasteiger partial charge in [-0.3, -0.25) is 4.99 Å². The molecule has 12 heteroatoms. The molecule has 1 aliphatic heterocycles. The summed E-state index contributed by atoms with van der Waals surface area (Å²) in [4.78, 5) is 11.1. The highest BCUT2D eigenvalue weighted by atomic mass is 127. The van der Waals surface area contributed by atoms with Crippen molar-refractivity contribution in [3.63, 3.8) is 0 Å². The van der Waals surface area contributed by atoms with Crippen LogP contribution in [-0.2, 0) is 15.8 Å². The molecule has 32 heavy (non-hydrogen) atoms. The second kappa shape index (κ2) is 13.6. The van der Waals surface area contributed by atoms with Crippen molar-refractivity contribution >= 4 is 45.8 Å². The standard InChI is InChI=1S/C20H31N7O3S.HI/c1-2-21-20(24-11-6-5-10-23-19-7-3-4-9-22-19)26-12-14-27(15-13-26)31(28,29)17-18-8-16-30-25-18;/h3-4,7-9,16H,2,5-6,10-15,17H2,1H3,(H,21,24)(H,22,23);1H. The summed E-state index contributed by atoms with van der Waals surface area (Å²) in [6.45, 7) is 6.44. The molecule has 0 saturated carbocycles. The third kappa shape index (κ3) is 8.20. The zero-order valence-electron chi connectivity index (χ0n) is 18.3. The van der Waals surface area contributed by atoms with Gasteiger partial charge in [-0.15, -0.1) is 24.0 Å². The molecular weight excluding hydrogens is 545 g/mol. The number of halogens is 1. The quantitative estimate of drug-likeness (QED) is 0.191. The lowest BCUT2D eigenvalue weighted by Crippen LogP contribution is -2.53. The Kier molecular flexibility index (Phi) is 11.2. The summed E-state index contributed by atoms with van der Waals surface area (Å²) in [6, 6.07) is 7.39. The Bertz CT molecular complexity index is 903. The van der Waals surface area contributed by atoms with Crippen LogP contribution in [0.5, 0.6) is 0 Å². The molecule has 0 radical (unpaired) electrons. The van der Waals surface area contributed by atoms with Crippen molar-refractivity contribution in [2.45, 2.75) is 25.5 Å². The van der Waals surface area contributed by atoms with Gasteiger partial charge in [-0.2, -0.15) is 4.31 Å². The number of rotatable bonds is 10. The summed E-state index contributed by atoms with van der Waals surface area (Å²) in [6.07, 6.45) is 5.11. The van der Waals surface area contributed by atoms with Gasteiger partial charge in [0.25, 0.3) is 0 Å². The summed E-state index contributed by atoms with van der Waals surface area (Å²) < 4.78 is 31.5. The number of sulfonamides is 1. The topological polar surface area (TPSA) is 116 Å². The minimum Gasteiger partial charge on any atom is -0.370 e. The lowest BCUT2D eigenvalue weighted by Gasteiger charge is -2.35. The normalized spacial score (nSPS) is 15.3. The van der Waals surface area contributed by atoms with E-state index in [1.165, 1.54) is 10.6 Å². The van der Waals surface area contributed by atoms with E-state index in [9.17, 15) is 8.42 Å². The van der Waals surface area contributed by atoms with E-state index in [0.29, 0.717) is 31.9 Å². The van der Waals surface area contributed by atoms with Gasteiger partial charge < -0.3 is 20.1 Å². The molecule has 0 unspecified atom stereocenters. The molecule has 3 rings (SSSR count). The van der Waals surface area contributed by atoms with Gasteiger partial charge in [-0.1, -0.05) is 11.2 Å². The van der Waals surface area contributed by atoms with Crippen LogP contribution < -0.4 is 10.6 Å². The number of hydrogen-bond donors (Lipinski definition) is 2. The van der Waals surface area contributed by atoms with Crippen LogP contribution in [0.25, 0.3) is 0 Å². The van der Waals surface area contributed by atoms with E-state index in [2.05, 4.69) is 25.7 Å². The van der Waals surface area contributed by atoms with Gasteiger partial charge in [0, 0.05) is 58.1 Å². The van der Waals surface area contributed by atoms with Crippen LogP contribution in [0.15, 0.2) is 46.2 Å². The molecule has 0 aliphatic carbocycles. The molecular formula is C20H32IN7O3S. The van der Waals surface area contributed by atoms with E-state index < -0.39 is 10.0 Å². The van der Waals surface area contributed by atoms with E-state index in [-0.39, 0.29) is 29.7 Å². The number of unbranched alkanes of at least 4 members (excludes halogenated alkanes) is 1. The highest BCUT2D eigenvalue weighted by molar-refractivity contribution is 14.0. The zero-order valence-corrected chi connectivity index (χ0v) is 21.5. The predicted molar refractivity (Wildman–Crippen MR) is 136 cm³/mol. The highest BCUT2D eigenvalue weighted by Gasteiger charge is 2.28. The van der Waals surface area contributed by atoms with Gasteiger partial charge in [0.05, 0.1) is 5.69 Å². The average Bonchev–Trinajstić information content (AvgIpc) is 3.28. The lowest BCUT2D eigenvalue weighted by atomic mass is 10.3. The summed E-state index contributed by atoms with van der Waals surface area (Å²) in [5.74, 6) is 1.59. The number of hydrogen-bond acceptors (Lipinski definition) is 7. The predicted octanol–water partition coefficient (Wildman–Crippen LogP) is 1.99. The molecule has 3 heterocycles. The van der Waals surface area contributed by atoms with Crippen molar-refractivity contribution in [2.75, 3.05) is 51.1 Å². The van der Waals surface area contributed by atoms with Crippen LogP contribution in [0.2, 0.25) is 0 Å². The lowest BCUT2D eigenvalue weighted by molar-refractivity contribution is 0.260. The van der Waals surface area contributed by atoms with Crippen LogP contribution in [0.1, 0.15) is 25.5 Å². The Labute approximate surface area is 206 Å². The van der Waals surface area contributed by atoms with Crippen molar-refractivity contribution in [1.29, 1.82) is 0 Å². The van der Waals surface area contributed by atoms with E-state index in [1.807, 2.05) is 25.1 Å². The number of aromatic nitrogens is 2. The maximum Gasteiger partial charge on any atom is 0.220 e. The SMILES string of the molecule is CCNC(=NCCCCNc1ccccn1)N1CCN(S(=O)(=O)Cc2ccon2)CC1.I. The molecule has 178 valence electrons. The van der Waals surface area contributed by atoms with Crippen molar-refractivity contribution in [2.24, 2.45) is 4.99 Å². The minimum absolute atomic E-state index is 0. The molecule has 0 atom stereocenters. The summed E-state index contributed by atoms with van der Waals surface area (Å²) >= 11 is 0. The zero-order chi connectivity index (χ0) is 21.9. The molecule has 0 amide bonds. The number of piperazine rings is 1. The molecule has 1 saturated heterocycles. The van der Waals surface area contributed by atoms with E-state index in [0.717, 1.165) is 44.3 Å². The van der Waals surface area contributed by atoms with E-state index in [1.54, 1.807) is 12.3 Å². The second-order valence-electron chi connectivity index (χ2n) is 7.22. The average molecular weight is 577 g/mol. The maximum atomic E-state index is 12.6. The van der Waals surface area contributed by atoms with Crippen molar-refractivity contribution in [1.82, 2.24) is 24.7 Å². The number of pyridine rings is 1. The fourth-order valence-corrected chi connectivity index (χ4v) is 4.72. The van der Waals surface area contributed by atoms with E-state index >= 15 is 0 Å². The monoisotopic (exact) mass is 577 g/mol.